The lowest BCUT2D eigenvalue weighted by atomic mass is 10.3. The molecule has 0 aliphatic heterocycles. The van der Waals surface area contributed by atoms with Crippen molar-refractivity contribution < 1.29 is 9.26 Å². The summed E-state index contributed by atoms with van der Waals surface area (Å²) >= 11 is 0. The summed E-state index contributed by atoms with van der Waals surface area (Å²) in [6.07, 6.45) is 0.470. The number of ether oxygens (including phenoxy) is 1. The molecule has 0 bridgehead atoms. The van der Waals surface area contributed by atoms with Crippen LogP contribution in [0.2, 0.25) is 0 Å². The van der Waals surface area contributed by atoms with Crippen molar-refractivity contribution >= 4 is 11.0 Å². The number of fused-ring (bicyclic) bond motifs is 1. The molecule has 0 spiro atoms. The topological polar surface area (TPSA) is 103 Å². The second kappa shape index (κ2) is 5.40. The molecule has 2 heterocycles. The van der Waals surface area contributed by atoms with E-state index in [1.165, 1.54) is 0 Å². The van der Waals surface area contributed by atoms with Gasteiger partial charge >= 0.3 is 0 Å². The number of imidazole rings is 1. The molecule has 104 valence electrons. The zero-order valence-electron chi connectivity index (χ0n) is 11.0. The summed E-state index contributed by atoms with van der Waals surface area (Å²) in [5.74, 6) is 1.71. The highest BCUT2D eigenvalue weighted by Gasteiger charge is 2.15. The van der Waals surface area contributed by atoms with Gasteiger partial charge in [0.25, 0.3) is 0 Å². The second-order valence-electron chi connectivity index (χ2n) is 4.49. The van der Waals surface area contributed by atoms with Gasteiger partial charge in [-0.15, -0.1) is 0 Å². The summed E-state index contributed by atoms with van der Waals surface area (Å²) in [6, 6.07) is 7.42. The van der Waals surface area contributed by atoms with Gasteiger partial charge in [0.05, 0.1) is 24.1 Å². The van der Waals surface area contributed by atoms with Crippen LogP contribution in [0.1, 0.15) is 23.6 Å². The van der Waals surface area contributed by atoms with Crippen molar-refractivity contribution in [2.24, 2.45) is 5.73 Å². The summed E-state index contributed by atoms with van der Waals surface area (Å²) < 4.78 is 10.1. The third-order valence-corrected chi connectivity index (χ3v) is 2.91. The number of benzene rings is 1. The summed E-state index contributed by atoms with van der Waals surface area (Å²) in [4.78, 5) is 11.9. The van der Waals surface area contributed by atoms with E-state index in [1.807, 2.05) is 24.3 Å². The largest absolute Gasteiger partial charge is 0.383 e. The Balaban J connectivity index is 1.77. The van der Waals surface area contributed by atoms with E-state index in [1.54, 1.807) is 7.11 Å². The van der Waals surface area contributed by atoms with Crippen LogP contribution < -0.4 is 5.73 Å². The third-order valence-electron chi connectivity index (χ3n) is 2.91. The van der Waals surface area contributed by atoms with Crippen LogP contribution >= 0.6 is 0 Å². The quantitative estimate of drug-likeness (QED) is 0.723. The van der Waals surface area contributed by atoms with Crippen molar-refractivity contribution in [1.82, 2.24) is 20.1 Å². The number of hydrogen-bond donors (Lipinski definition) is 2. The van der Waals surface area contributed by atoms with Crippen LogP contribution in [0.3, 0.4) is 0 Å². The Morgan fingerprint density at radius 2 is 2.20 bits per heavy atom. The van der Waals surface area contributed by atoms with Crippen molar-refractivity contribution in [1.29, 1.82) is 0 Å². The van der Waals surface area contributed by atoms with E-state index in [4.69, 9.17) is 15.0 Å². The second-order valence-corrected chi connectivity index (χ2v) is 4.49. The first-order chi connectivity index (χ1) is 9.76. The van der Waals surface area contributed by atoms with Crippen LogP contribution in [0.15, 0.2) is 28.8 Å². The van der Waals surface area contributed by atoms with Crippen LogP contribution in [0.25, 0.3) is 11.0 Å². The SMILES string of the molecule is COCC(N)c1nc(Cc2nc3ccccc3[nH]2)no1. The lowest BCUT2D eigenvalue weighted by molar-refractivity contribution is 0.166. The zero-order chi connectivity index (χ0) is 13.9. The van der Waals surface area contributed by atoms with Crippen molar-refractivity contribution in [3.8, 4) is 0 Å². The Hall–Kier alpha value is -2.25. The number of rotatable bonds is 5. The highest BCUT2D eigenvalue weighted by Crippen LogP contribution is 2.13. The molecule has 0 aliphatic rings. The van der Waals surface area contributed by atoms with Gasteiger partial charge in [0.1, 0.15) is 11.9 Å². The molecule has 0 aliphatic carbocycles. The lowest BCUT2D eigenvalue weighted by Gasteiger charge is -2.02. The summed E-state index contributed by atoms with van der Waals surface area (Å²) in [7, 11) is 1.57. The maximum atomic E-state index is 5.83. The van der Waals surface area contributed by atoms with Crippen LogP contribution in [-0.4, -0.2) is 33.8 Å². The molecule has 20 heavy (non-hydrogen) atoms. The molecular formula is C13H15N5O2. The van der Waals surface area contributed by atoms with Gasteiger partial charge < -0.3 is 20.0 Å². The number of aromatic amines is 1. The maximum Gasteiger partial charge on any atom is 0.245 e. The first-order valence-electron chi connectivity index (χ1n) is 6.27. The summed E-state index contributed by atoms with van der Waals surface area (Å²) in [5, 5.41) is 3.90. The van der Waals surface area contributed by atoms with Crippen LogP contribution in [0.4, 0.5) is 0 Å². The molecule has 1 unspecified atom stereocenters. The fourth-order valence-corrected chi connectivity index (χ4v) is 1.98. The molecule has 0 fully saturated rings. The van der Waals surface area contributed by atoms with Gasteiger partial charge in [-0.1, -0.05) is 17.3 Å². The van der Waals surface area contributed by atoms with Crippen LogP contribution in [-0.2, 0) is 11.2 Å². The number of para-hydroxylation sites is 2. The Morgan fingerprint density at radius 1 is 1.35 bits per heavy atom. The number of nitrogens with two attached hydrogens (primary N) is 1. The Kier molecular flexibility index (Phi) is 3.44. The van der Waals surface area contributed by atoms with E-state index < -0.39 is 6.04 Å². The number of H-pyrrole nitrogens is 1. The van der Waals surface area contributed by atoms with E-state index in [-0.39, 0.29) is 0 Å². The molecule has 3 rings (SSSR count). The Labute approximate surface area is 115 Å². The first kappa shape index (κ1) is 12.8. The van der Waals surface area contributed by atoms with Crippen LogP contribution in [0.5, 0.6) is 0 Å². The van der Waals surface area contributed by atoms with Gasteiger partial charge in [-0.05, 0) is 12.1 Å². The van der Waals surface area contributed by atoms with Gasteiger partial charge in [-0.25, -0.2) is 4.98 Å². The minimum atomic E-state index is -0.406. The molecule has 2 aromatic heterocycles. The molecular weight excluding hydrogens is 258 g/mol. The summed E-state index contributed by atoms with van der Waals surface area (Å²) in [5.41, 5.74) is 7.74. The maximum absolute atomic E-state index is 5.83. The molecule has 3 aromatic rings. The number of aromatic nitrogens is 4. The predicted octanol–water partition coefficient (Wildman–Crippen LogP) is 1.18. The molecule has 1 atom stereocenters. The van der Waals surface area contributed by atoms with Crippen molar-refractivity contribution in [2.45, 2.75) is 12.5 Å². The van der Waals surface area contributed by atoms with Crippen molar-refractivity contribution in [3.63, 3.8) is 0 Å². The van der Waals surface area contributed by atoms with Gasteiger partial charge in [0, 0.05) is 7.11 Å². The highest BCUT2D eigenvalue weighted by molar-refractivity contribution is 5.74. The minimum absolute atomic E-state index is 0.340. The van der Waals surface area contributed by atoms with E-state index in [2.05, 4.69) is 20.1 Å². The molecule has 7 nitrogen and oxygen atoms in total. The number of nitrogens with zero attached hydrogens (tertiary/aromatic N) is 3. The number of nitrogens with one attached hydrogen (secondary N) is 1. The van der Waals surface area contributed by atoms with Crippen molar-refractivity contribution in [2.75, 3.05) is 13.7 Å². The highest BCUT2D eigenvalue weighted by atomic mass is 16.5. The normalized spacial score (nSPS) is 12.9. The third kappa shape index (κ3) is 2.54. The average Bonchev–Trinajstić information content (AvgIpc) is 3.05. The van der Waals surface area contributed by atoms with Crippen molar-refractivity contribution in [3.05, 3.63) is 41.8 Å². The van der Waals surface area contributed by atoms with Gasteiger partial charge in [-0.2, -0.15) is 4.98 Å². The average molecular weight is 273 g/mol. The van der Waals surface area contributed by atoms with Crippen LogP contribution in [0, 0.1) is 0 Å². The molecule has 0 radical (unpaired) electrons. The molecule has 1 aromatic carbocycles. The predicted molar refractivity (Wildman–Crippen MR) is 72.0 cm³/mol. The van der Waals surface area contributed by atoms with E-state index in [0.717, 1.165) is 16.9 Å². The van der Waals surface area contributed by atoms with E-state index in [0.29, 0.717) is 24.7 Å². The standard InChI is InChI=1S/C13H15N5O2/c1-19-7-8(14)13-17-12(18-20-13)6-11-15-9-4-2-3-5-10(9)16-11/h2-5,8H,6-7,14H2,1H3,(H,15,16). The smallest absolute Gasteiger partial charge is 0.245 e. The molecule has 0 amide bonds. The summed E-state index contributed by atoms with van der Waals surface area (Å²) in [6.45, 7) is 0.340. The zero-order valence-corrected chi connectivity index (χ0v) is 11.0. The van der Waals surface area contributed by atoms with E-state index >= 15 is 0 Å². The fourth-order valence-electron chi connectivity index (χ4n) is 1.98. The monoisotopic (exact) mass is 273 g/mol. The molecule has 0 saturated carbocycles. The minimum Gasteiger partial charge on any atom is -0.383 e. The van der Waals surface area contributed by atoms with Gasteiger partial charge in [0.15, 0.2) is 5.82 Å². The molecule has 0 saturated heterocycles. The molecule has 3 N–H and O–H groups in total. The van der Waals surface area contributed by atoms with Gasteiger partial charge in [0.2, 0.25) is 5.89 Å². The number of methoxy groups -OCH3 is 1. The fraction of sp³-hybridized carbons (Fsp3) is 0.308. The number of hydrogen-bond acceptors (Lipinski definition) is 6. The Bertz CT molecular complexity index is 672. The Morgan fingerprint density at radius 3 is 3.00 bits per heavy atom. The lowest BCUT2D eigenvalue weighted by Crippen LogP contribution is -2.16. The van der Waals surface area contributed by atoms with Gasteiger partial charge in [-0.3, -0.25) is 0 Å². The first-order valence-corrected chi connectivity index (χ1v) is 6.27. The van der Waals surface area contributed by atoms with E-state index in [9.17, 15) is 0 Å². The molecule has 7 heteroatoms.